The van der Waals surface area contributed by atoms with Gasteiger partial charge in [-0.05, 0) is 50.2 Å². The summed E-state index contributed by atoms with van der Waals surface area (Å²) in [5.41, 5.74) is 0.720. The molecule has 208 valence electrons. The summed E-state index contributed by atoms with van der Waals surface area (Å²) in [4.78, 5) is 39.2. The van der Waals surface area contributed by atoms with Gasteiger partial charge in [0.2, 0.25) is 5.91 Å². The van der Waals surface area contributed by atoms with Crippen molar-refractivity contribution in [2.24, 2.45) is 0 Å². The van der Waals surface area contributed by atoms with Gasteiger partial charge in [-0.25, -0.2) is 9.59 Å². The maximum Gasteiger partial charge on any atom is 0.348 e. The Bertz CT molecular complexity index is 1350. The molecule has 0 bridgehead atoms. The Morgan fingerprint density at radius 2 is 1.15 bits per heavy atom. The Kier molecular flexibility index (Phi) is 11.2. The second-order valence-electron chi connectivity index (χ2n) is 8.71. The number of carbonyl (C=O) groups is 3. The summed E-state index contributed by atoms with van der Waals surface area (Å²) in [7, 11) is -2.49. The molecule has 1 amide bonds. The van der Waals surface area contributed by atoms with Crippen molar-refractivity contribution in [3.05, 3.63) is 107 Å². The lowest BCUT2D eigenvalue weighted by atomic mass is 10.1. The van der Waals surface area contributed by atoms with Gasteiger partial charge >= 0.3 is 11.9 Å². The van der Waals surface area contributed by atoms with Gasteiger partial charge in [-0.3, -0.25) is 4.79 Å². The van der Waals surface area contributed by atoms with Crippen molar-refractivity contribution in [2.45, 2.75) is 26.9 Å². The van der Waals surface area contributed by atoms with Gasteiger partial charge in [0.05, 0.1) is 13.2 Å². The van der Waals surface area contributed by atoms with Crippen LogP contribution in [0, 0.1) is 0 Å². The molecular weight excluding hydrogens is 609 g/mol. The summed E-state index contributed by atoms with van der Waals surface area (Å²) >= 11 is 1.05. The summed E-state index contributed by atoms with van der Waals surface area (Å²) in [5.74, 6) is -1.47. The third-order valence-corrected chi connectivity index (χ3v) is 11.7. The third kappa shape index (κ3) is 6.52. The molecule has 0 unspecified atom stereocenters. The van der Waals surface area contributed by atoms with Gasteiger partial charge in [0.25, 0.3) is 0 Å². The van der Waals surface area contributed by atoms with Crippen LogP contribution in [-0.2, 0) is 20.4 Å². The molecule has 3 aromatic carbocycles. The monoisotopic (exact) mass is 639 g/mol. The van der Waals surface area contributed by atoms with E-state index in [0.29, 0.717) is 11.7 Å². The van der Waals surface area contributed by atoms with Crippen LogP contribution in [0.2, 0.25) is 0 Å². The van der Waals surface area contributed by atoms with E-state index in [1.807, 2.05) is 54.6 Å². The number of amides is 1. The summed E-state index contributed by atoms with van der Waals surface area (Å²) in [5, 5.41) is 6.33. The van der Waals surface area contributed by atoms with Gasteiger partial charge in [0, 0.05) is 12.5 Å². The van der Waals surface area contributed by atoms with Gasteiger partial charge in [0.15, 0.2) is 0 Å². The van der Waals surface area contributed by atoms with E-state index in [1.54, 1.807) is 13.8 Å². The maximum absolute atomic E-state index is 13.5. The van der Waals surface area contributed by atoms with Crippen LogP contribution in [0.3, 0.4) is 0 Å². The Labute approximate surface area is 249 Å². The lowest BCUT2D eigenvalue weighted by Gasteiger charge is -2.28. The molecule has 0 spiro atoms. The number of esters is 2. The van der Waals surface area contributed by atoms with Crippen LogP contribution < -0.4 is 38.2 Å². The Balaban J connectivity index is 0.00000441. The number of hydrogen-bond donors (Lipinski definition) is 1. The molecule has 0 saturated carbocycles. The minimum atomic E-state index is -2.49. The number of ether oxygens (including phenoxy) is 2. The first-order valence-corrected chi connectivity index (χ1v) is 15.5. The van der Waals surface area contributed by atoms with E-state index in [9.17, 15) is 14.4 Å². The van der Waals surface area contributed by atoms with Gasteiger partial charge in [-0.15, -0.1) is 11.3 Å². The fourth-order valence-electron chi connectivity index (χ4n) is 4.65. The fourth-order valence-corrected chi connectivity index (χ4v) is 10.2. The molecule has 0 fully saturated rings. The van der Waals surface area contributed by atoms with Crippen molar-refractivity contribution >= 4 is 57.4 Å². The van der Waals surface area contributed by atoms with Gasteiger partial charge in [-0.1, -0.05) is 54.6 Å². The fraction of sp³-hybridized carbons (Fsp3) is 0.194. The molecule has 9 heteroatoms. The summed E-state index contributed by atoms with van der Waals surface area (Å²) in [6.45, 7) is 5.16. The zero-order valence-corrected chi connectivity index (χ0v) is 25.9. The second-order valence-corrected chi connectivity index (χ2v) is 13.2. The van der Waals surface area contributed by atoms with Gasteiger partial charge in [-0.2, -0.15) is 0 Å². The van der Waals surface area contributed by atoms with Crippen LogP contribution in [0.5, 0.6) is 0 Å². The zero-order chi connectivity index (χ0) is 27.8. The SMILES string of the molecule is CCOC(=O)c1sc(NC(C)=O)c(C(=O)OCC)c1C[P+](c1ccccc1)(c1ccccc1)c1ccccc1.[Br-]. The van der Waals surface area contributed by atoms with Crippen LogP contribution in [0.15, 0.2) is 91.0 Å². The topological polar surface area (TPSA) is 81.7 Å². The zero-order valence-electron chi connectivity index (χ0n) is 22.6. The van der Waals surface area contributed by atoms with E-state index in [2.05, 4.69) is 41.7 Å². The molecule has 0 saturated heterocycles. The summed E-state index contributed by atoms with van der Waals surface area (Å²) < 4.78 is 10.9. The average Bonchev–Trinajstić information content (AvgIpc) is 3.30. The quantitative estimate of drug-likeness (QED) is 0.213. The number of nitrogens with one attached hydrogen (secondary N) is 1. The van der Waals surface area contributed by atoms with Crippen molar-refractivity contribution < 1.29 is 40.8 Å². The summed E-state index contributed by atoms with van der Waals surface area (Å²) in [6.07, 6.45) is 0.351. The number of hydrogen-bond acceptors (Lipinski definition) is 6. The van der Waals surface area contributed by atoms with E-state index in [0.717, 1.165) is 27.3 Å². The van der Waals surface area contributed by atoms with E-state index in [1.165, 1.54) is 6.92 Å². The normalized spacial score (nSPS) is 10.8. The first kappa shape index (κ1) is 31.2. The minimum Gasteiger partial charge on any atom is -1.00 e. The number of carbonyl (C=O) groups excluding carboxylic acids is 3. The average molecular weight is 641 g/mol. The lowest BCUT2D eigenvalue weighted by molar-refractivity contribution is -0.114. The molecule has 4 aromatic rings. The summed E-state index contributed by atoms with van der Waals surface area (Å²) in [6, 6.07) is 30.6. The highest BCUT2D eigenvalue weighted by Crippen LogP contribution is 2.60. The minimum absolute atomic E-state index is 0. The molecule has 0 aliphatic carbocycles. The predicted molar refractivity (Wildman–Crippen MR) is 159 cm³/mol. The molecule has 0 atom stereocenters. The molecule has 0 radical (unpaired) electrons. The van der Waals surface area contributed by atoms with E-state index in [4.69, 9.17) is 9.47 Å². The second kappa shape index (κ2) is 14.4. The molecule has 4 rings (SSSR count). The van der Waals surface area contributed by atoms with Gasteiger partial charge < -0.3 is 31.8 Å². The molecular formula is C31H31BrNO5PS. The molecule has 40 heavy (non-hydrogen) atoms. The van der Waals surface area contributed by atoms with Crippen molar-refractivity contribution in [1.29, 1.82) is 0 Å². The van der Waals surface area contributed by atoms with Crippen LogP contribution in [0.1, 0.15) is 46.4 Å². The van der Waals surface area contributed by atoms with Crippen LogP contribution in [0.4, 0.5) is 5.00 Å². The Morgan fingerprint density at radius 3 is 1.55 bits per heavy atom. The molecule has 1 aromatic heterocycles. The number of rotatable bonds is 10. The number of anilines is 1. The van der Waals surface area contributed by atoms with E-state index in [-0.39, 0.29) is 51.5 Å². The largest absolute Gasteiger partial charge is 1.00 e. The van der Waals surface area contributed by atoms with Crippen LogP contribution in [0.25, 0.3) is 0 Å². The Morgan fingerprint density at radius 1 is 0.725 bits per heavy atom. The van der Waals surface area contributed by atoms with Crippen LogP contribution in [-0.4, -0.2) is 31.1 Å². The highest BCUT2D eigenvalue weighted by Gasteiger charge is 2.48. The van der Waals surface area contributed by atoms with Gasteiger partial charge in [0.1, 0.15) is 44.8 Å². The first-order valence-electron chi connectivity index (χ1n) is 12.7. The molecule has 6 nitrogen and oxygen atoms in total. The van der Waals surface area contributed by atoms with Crippen molar-refractivity contribution in [2.75, 3.05) is 18.5 Å². The standard InChI is InChI=1S/C31H30NO5PS.BrH/c1-4-36-30(34)27-26(28(31(35)37-5-2)39-29(27)32-22(3)33)21-38(23-15-9-6-10-16-23,24-17-11-7-12-18-24)25-19-13-8-14-20-25;/h6-20H,4-5,21H2,1-3H3;1H. The maximum atomic E-state index is 13.5. The van der Waals surface area contributed by atoms with Crippen molar-refractivity contribution in [3.63, 3.8) is 0 Å². The molecule has 0 aliphatic heterocycles. The lowest BCUT2D eigenvalue weighted by Crippen LogP contribution is -3.00. The first-order chi connectivity index (χ1) is 18.9. The predicted octanol–water partition coefficient (Wildman–Crippen LogP) is 2.56. The molecule has 1 heterocycles. The highest BCUT2D eigenvalue weighted by atomic mass is 79.9. The smallest absolute Gasteiger partial charge is 0.348 e. The van der Waals surface area contributed by atoms with Crippen molar-refractivity contribution in [3.8, 4) is 0 Å². The van der Waals surface area contributed by atoms with E-state index < -0.39 is 19.2 Å². The third-order valence-electron chi connectivity index (χ3n) is 6.22. The molecule has 0 aliphatic rings. The number of halogens is 1. The number of thiophene rings is 1. The van der Waals surface area contributed by atoms with Crippen molar-refractivity contribution in [1.82, 2.24) is 0 Å². The molecule has 1 N–H and O–H groups in total. The highest BCUT2D eigenvalue weighted by molar-refractivity contribution is 7.95. The Hall–Kier alpha value is -3.32. The van der Waals surface area contributed by atoms with E-state index >= 15 is 0 Å². The number of benzene rings is 3. The van der Waals surface area contributed by atoms with Crippen LogP contribution >= 0.6 is 18.6 Å².